The number of methoxy groups -OCH3 is 1. The van der Waals surface area contributed by atoms with Crippen LogP contribution in [0.4, 0.5) is 0 Å². The van der Waals surface area contributed by atoms with Crippen molar-refractivity contribution in [2.75, 3.05) is 26.9 Å². The van der Waals surface area contributed by atoms with E-state index in [-0.39, 0.29) is 24.2 Å². The van der Waals surface area contributed by atoms with Crippen molar-refractivity contribution in [2.45, 2.75) is 43.9 Å². The van der Waals surface area contributed by atoms with E-state index in [2.05, 4.69) is 4.98 Å². The van der Waals surface area contributed by atoms with E-state index in [1.807, 2.05) is 4.90 Å². The molecule has 1 aliphatic heterocycles. The van der Waals surface area contributed by atoms with Crippen molar-refractivity contribution in [1.29, 1.82) is 0 Å². The second-order valence-corrected chi connectivity index (χ2v) is 6.85. The molecule has 1 aromatic rings. The quantitative estimate of drug-likeness (QED) is 0.824. The van der Waals surface area contributed by atoms with E-state index in [1.165, 1.54) is 20.0 Å². The predicted octanol–water partition coefficient (Wildman–Crippen LogP) is 1.89. The van der Waals surface area contributed by atoms with Crippen LogP contribution in [0.15, 0.2) is 18.3 Å². The predicted molar refractivity (Wildman–Crippen MR) is 87.1 cm³/mol. The summed E-state index contributed by atoms with van der Waals surface area (Å²) in [7, 11) is 1.54. The molecule has 24 heavy (non-hydrogen) atoms. The van der Waals surface area contributed by atoms with Gasteiger partial charge in [0.15, 0.2) is 0 Å². The third-order valence-electron chi connectivity index (χ3n) is 5.23. The molecule has 3 atom stereocenters. The Hall–Kier alpha value is -1.66. The van der Waals surface area contributed by atoms with Crippen LogP contribution in [0.5, 0.6) is 5.88 Å². The lowest BCUT2D eigenvalue weighted by molar-refractivity contribution is -0.0556. The lowest BCUT2D eigenvalue weighted by Crippen LogP contribution is -2.46. The molecule has 1 aromatic heterocycles. The molecule has 6 nitrogen and oxygen atoms in total. The Balaban J connectivity index is 1.55. The average Bonchev–Trinajstić information content (AvgIpc) is 3.36. The molecule has 130 valence electrons. The van der Waals surface area contributed by atoms with Gasteiger partial charge < -0.3 is 19.1 Å². The van der Waals surface area contributed by atoms with Crippen molar-refractivity contribution in [1.82, 2.24) is 9.88 Å². The molecular formula is C18H24N2O4. The minimum absolute atomic E-state index is 0.0142. The van der Waals surface area contributed by atoms with E-state index in [0.717, 1.165) is 19.4 Å². The highest BCUT2D eigenvalue weighted by molar-refractivity contribution is 5.96. The van der Waals surface area contributed by atoms with Crippen LogP contribution in [0.3, 0.4) is 0 Å². The first-order valence-electron chi connectivity index (χ1n) is 8.81. The zero-order valence-corrected chi connectivity index (χ0v) is 14.0. The van der Waals surface area contributed by atoms with Gasteiger partial charge in [-0.3, -0.25) is 4.79 Å². The topological polar surface area (TPSA) is 60.9 Å². The minimum Gasteiger partial charge on any atom is -0.480 e. The summed E-state index contributed by atoms with van der Waals surface area (Å²) >= 11 is 0. The van der Waals surface area contributed by atoms with Crippen molar-refractivity contribution in [3.05, 3.63) is 23.9 Å². The molecule has 3 fully saturated rings. The number of amides is 1. The Morgan fingerprint density at radius 1 is 1.38 bits per heavy atom. The van der Waals surface area contributed by atoms with Crippen LogP contribution in [-0.2, 0) is 9.47 Å². The summed E-state index contributed by atoms with van der Waals surface area (Å²) in [6.45, 7) is 1.93. The molecule has 3 aliphatic rings. The summed E-state index contributed by atoms with van der Waals surface area (Å²) in [6.07, 6.45) is 6.13. The Morgan fingerprint density at radius 3 is 3.04 bits per heavy atom. The molecule has 0 radical (unpaired) electrons. The summed E-state index contributed by atoms with van der Waals surface area (Å²) in [5, 5.41) is 0. The van der Waals surface area contributed by atoms with Gasteiger partial charge in [-0.1, -0.05) is 0 Å². The number of pyridine rings is 1. The lowest BCUT2D eigenvalue weighted by atomic mass is 10.1. The number of fused-ring (bicyclic) bond motifs is 2. The summed E-state index contributed by atoms with van der Waals surface area (Å²) in [5.74, 6) is 1.03. The smallest absolute Gasteiger partial charge is 0.259 e. The first kappa shape index (κ1) is 15.8. The van der Waals surface area contributed by atoms with Gasteiger partial charge in [0.1, 0.15) is 11.7 Å². The van der Waals surface area contributed by atoms with E-state index in [0.29, 0.717) is 30.5 Å². The normalized spacial score (nSPS) is 29.4. The van der Waals surface area contributed by atoms with Gasteiger partial charge in [-0.2, -0.15) is 0 Å². The Morgan fingerprint density at radius 2 is 2.25 bits per heavy atom. The molecule has 1 saturated heterocycles. The Bertz CT molecular complexity index is 604. The highest BCUT2D eigenvalue weighted by atomic mass is 16.5. The molecule has 0 N–H and O–H groups in total. The monoisotopic (exact) mass is 332 g/mol. The van der Waals surface area contributed by atoms with Gasteiger partial charge in [0.2, 0.25) is 5.88 Å². The fourth-order valence-electron chi connectivity index (χ4n) is 3.76. The zero-order valence-electron chi connectivity index (χ0n) is 14.0. The molecular weight excluding hydrogens is 308 g/mol. The number of hydrogen-bond donors (Lipinski definition) is 0. The summed E-state index contributed by atoms with van der Waals surface area (Å²) in [4.78, 5) is 19.2. The van der Waals surface area contributed by atoms with E-state index in [9.17, 15) is 4.79 Å². The molecule has 4 rings (SSSR count). The van der Waals surface area contributed by atoms with E-state index in [1.54, 1.807) is 18.3 Å². The minimum atomic E-state index is -0.0453. The van der Waals surface area contributed by atoms with Gasteiger partial charge in [0.25, 0.3) is 5.91 Å². The third-order valence-corrected chi connectivity index (χ3v) is 5.23. The van der Waals surface area contributed by atoms with E-state index >= 15 is 0 Å². The molecule has 2 heterocycles. The highest BCUT2D eigenvalue weighted by Crippen LogP contribution is 2.36. The lowest BCUT2D eigenvalue weighted by Gasteiger charge is -2.31. The summed E-state index contributed by atoms with van der Waals surface area (Å²) < 4.78 is 17.4. The SMILES string of the molecule is COc1ncccc1C(=O)N1CCOC2CCC1C2OCC1CC1. The molecule has 0 spiro atoms. The number of carbonyl (C=O) groups is 1. The van der Waals surface area contributed by atoms with Crippen molar-refractivity contribution in [3.8, 4) is 5.88 Å². The second-order valence-electron chi connectivity index (χ2n) is 6.85. The van der Waals surface area contributed by atoms with E-state index < -0.39 is 0 Å². The van der Waals surface area contributed by atoms with Gasteiger partial charge in [-0.15, -0.1) is 0 Å². The Labute approximate surface area is 142 Å². The maximum atomic E-state index is 13.1. The van der Waals surface area contributed by atoms with Crippen molar-refractivity contribution < 1.29 is 19.0 Å². The molecule has 2 aliphatic carbocycles. The second kappa shape index (κ2) is 6.69. The Kier molecular flexibility index (Phi) is 4.41. The van der Waals surface area contributed by atoms with Crippen LogP contribution in [0.1, 0.15) is 36.0 Å². The van der Waals surface area contributed by atoms with Gasteiger partial charge in [0, 0.05) is 19.3 Å². The fourth-order valence-corrected chi connectivity index (χ4v) is 3.76. The van der Waals surface area contributed by atoms with Crippen LogP contribution >= 0.6 is 0 Å². The maximum Gasteiger partial charge on any atom is 0.259 e. The number of carbonyl (C=O) groups excluding carboxylic acids is 1. The highest BCUT2D eigenvalue weighted by Gasteiger charge is 2.45. The zero-order chi connectivity index (χ0) is 16.5. The molecule has 0 aromatic carbocycles. The van der Waals surface area contributed by atoms with Crippen molar-refractivity contribution in [3.63, 3.8) is 0 Å². The van der Waals surface area contributed by atoms with Crippen LogP contribution < -0.4 is 4.74 Å². The maximum absolute atomic E-state index is 13.1. The van der Waals surface area contributed by atoms with Gasteiger partial charge >= 0.3 is 0 Å². The van der Waals surface area contributed by atoms with Gasteiger partial charge in [0.05, 0.1) is 25.9 Å². The number of nitrogens with zero attached hydrogens (tertiary/aromatic N) is 2. The molecule has 3 unspecified atom stereocenters. The van der Waals surface area contributed by atoms with Gasteiger partial charge in [-0.25, -0.2) is 4.98 Å². The largest absolute Gasteiger partial charge is 0.480 e. The average molecular weight is 332 g/mol. The molecule has 1 amide bonds. The molecule has 2 bridgehead atoms. The molecule has 2 saturated carbocycles. The number of ether oxygens (including phenoxy) is 3. The summed E-state index contributed by atoms with van der Waals surface area (Å²) in [5.41, 5.74) is 0.506. The van der Waals surface area contributed by atoms with E-state index in [4.69, 9.17) is 14.2 Å². The van der Waals surface area contributed by atoms with Crippen molar-refractivity contribution in [2.24, 2.45) is 5.92 Å². The third kappa shape index (κ3) is 3.00. The first-order valence-corrected chi connectivity index (χ1v) is 8.81. The summed E-state index contributed by atoms with van der Waals surface area (Å²) in [6, 6.07) is 3.61. The number of hydrogen-bond acceptors (Lipinski definition) is 5. The van der Waals surface area contributed by atoms with Crippen LogP contribution in [-0.4, -0.2) is 60.9 Å². The first-order chi connectivity index (χ1) is 11.8. The standard InChI is InChI=1S/C18H24N2O4/c1-22-17-13(3-2-8-19-17)18(21)20-9-10-23-15-7-6-14(20)16(15)24-11-12-4-5-12/h2-3,8,12,14-16H,4-7,9-11H2,1H3. The van der Waals surface area contributed by atoms with Crippen molar-refractivity contribution >= 4 is 5.91 Å². The number of rotatable bonds is 5. The van der Waals surface area contributed by atoms with Crippen LogP contribution in [0.25, 0.3) is 0 Å². The van der Waals surface area contributed by atoms with Crippen LogP contribution in [0.2, 0.25) is 0 Å². The molecule has 6 heteroatoms. The van der Waals surface area contributed by atoms with Gasteiger partial charge in [-0.05, 0) is 43.7 Å². The van der Waals surface area contributed by atoms with Crippen LogP contribution in [0, 0.1) is 5.92 Å². The number of aromatic nitrogens is 1. The fraction of sp³-hybridized carbons (Fsp3) is 0.667.